The molecule has 0 spiro atoms. The second kappa shape index (κ2) is 16.3. The van der Waals surface area contributed by atoms with Crippen molar-refractivity contribution >= 4 is 23.6 Å². The van der Waals surface area contributed by atoms with E-state index in [0.29, 0.717) is 0 Å². The summed E-state index contributed by atoms with van der Waals surface area (Å²) in [5.41, 5.74) is 0.796. The average molecular weight is 541 g/mol. The molecule has 0 amide bonds. The van der Waals surface area contributed by atoms with Crippen molar-refractivity contribution in [2.75, 3.05) is 0 Å². The van der Waals surface area contributed by atoms with E-state index in [2.05, 4.69) is 105 Å². The summed E-state index contributed by atoms with van der Waals surface area (Å²) >= 11 is 0. The Balaban J connectivity index is 0.000000465. The van der Waals surface area contributed by atoms with Crippen molar-refractivity contribution in [1.29, 1.82) is 0 Å². The Morgan fingerprint density at radius 2 is 0.861 bits per heavy atom. The molecule has 3 aromatic carbocycles. The summed E-state index contributed by atoms with van der Waals surface area (Å²) in [7, 11) is -1.99. The van der Waals surface area contributed by atoms with Crippen molar-refractivity contribution in [1.82, 2.24) is 0 Å². The molecule has 0 nitrogen and oxygen atoms in total. The molecule has 2 heteroatoms. The van der Waals surface area contributed by atoms with Crippen LogP contribution in [0.4, 0.5) is 0 Å². The smallest absolute Gasteiger partial charge is 0.358 e. The Morgan fingerprint density at radius 1 is 0.528 bits per heavy atom. The Bertz CT molecular complexity index is 828. The zero-order valence-electron chi connectivity index (χ0n) is 23.1. The van der Waals surface area contributed by atoms with Gasteiger partial charge in [0.05, 0.1) is 0 Å². The maximum Gasteiger partial charge on any atom is 2.00 e. The standard InChI is InChI=1S/C23H24Si.C9H18.2CH3.Fe/c1-4-12-20(13-5-1)24(23-18-10-11-19-23,21-14-6-2-7-15-21)22-16-8-3-9-17-22;1-3-8-6-5-7-9(8)4-2;;;/h1-9,12-17,23H,10-11,18-19H2;8-9H,3-7H2,1-2H3;2*1H3;/q;;2*-1;+2. The first kappa shape index (κ1) is 32.4. The third-order valence-electron chi connectivity index (χ3n) is 8.52. The first-order valence-electron chi connectivity index (χ1n) is 13.5. The topological polar surface area (TPSA) is 0 Å². The fourth-order valence-corrected chi connectivity index (χ4v) is 12.7. The van der Waals surface area contributed by atoms with E-state index < -0.39 is 8.07 Å². The van der Waals surface area contributed by atoms with Gasteiger partial charge in [-0.05, 0) is 32.9 Å². The maximum atomic E-state index is 2.38. The molecule has 196 valence electrons. The van der Waals surface area contributed by atoms with Gasteiger partial charge in [-0.3, -0.25) is 0 Å². The van der Waals surface area contributed by atoms with Crippen molar-refractivity contribution in [2.45, 2.75) is 77.2 Å². The molecule has 0 bridgehead atoms. The van der Waals surface area contributed by atoms with E-state index in [1.54, 1.807) is 15.6 Å². The maximum absolute atomic E-state index is 2.38. The monoisotopic (exact) mass is 540 g/mol. The van der Waals surface area contributed by atoms with E-state index in [1.165, 1.54) is 57.8 Å². The molecule has 2 fully saturated rings. The second-order valence-electron chi connectivity index (χ2n) is 10.2. The van der Waals surface area contributed by atoms with Crippen LogP contribution in [-0.4, -0.2) is 8.07 Å². The van der Waals surface area contributed by atoms with Gasteiger partial charge in [0.2, 0.25) is 0 Å². The normalized spacial score (nSPS) is 19.2. The number of hydrogen-bond acceptors (Lipinski definition) is 0. The summed E-state index contributed by atoms with van der Waals surface area (Å²) in [6.45, 7) is 4.66. The molecular formula is C34H48FeSi. The van der Waals surface area contributed by atoms with Gasteiger partial charge in [0.25, 0.3) is 0 Å². The predicted octanol–water partition coefficient (Wildman–Crippen LogP) is 8.22. The quantitative estimate of drug-likeness (QED) is 0.168. The third-order valence-corrected chi connectivity index (χ3v) is 14.1. The molecule has 36 heavy (non-hydrogen) atoms. The zero-order chi connectivity index (χ0) is 22.9. The van der Waals surface area contributed by atoms with Gasteiger partial charge in [-0.1, -0.05) is 163 Å². The fourth-order valence-electron chi connectivity index (χ4n) is 6.86. The Labute approximate surface area is 234 Å². The van der Waals surface area contributed by atoms with Gasteiger partial charge in [0.1, 0.15) is 0 Å². The molecule has 0 N–H and O–H groups in total. The van der Waals surface area contributed by atoms with E-state index >= 15 is 0 Å². The van der Waals surface area contributed by atoms with Gasteiger partial charge in [-0.25, -0.2) is 0 Å². The van der Waals surface area contributed by atoms with Crippen LogP contribution in [0.2, 0.25) is 5.54 Å². The molecular weight excluding hydrogens is 492 g/mol. The number of rotatable bonds is 6. The minimum atomic E-state index is -1.99. The number of hydrogen-bond donors (Lipinski definition) is 0. The summed E-state index contributed by atoms with van der Waals surface area (Å²) in [5, 5.41) is 4.69. The summed E-state index contributed by atoms with van der Waals surface area (Å²) < 4.78 is 0. The summed E-state index contributed by atoms with van der Waals surface area (Å²) in [6.07, 6.45) is 12.8. The van der Waals surface area contributed by atoms with Crippen molar-refractivity contribution in [3.63, 3.8) is 0 Å². The second-order valence-corrected chi connectivity index (χ2v) is 14.3. The zero-order valence-corrected chi connectivity index (χ0v) is 25.2. The minimum absolute atomic E-state index is 0. The minimum Gasteiger partial charge on any atom is -0.358 e. The van der Waals surface area contributed by atoms with E-state index in [9.17, 15) is 0 Å². The van der Waals surface area contributed by atoms with Crippen molar-refractivity contribution in [3.8, 4) is 0 Å². The Hall–Kier alpha value is -1.60. The molecule has 2 aliphatic rings. The van der Waals surface area contributed by atoms with E-state index in [-0.39, 0.29) is 31.9 Å². The molecule has 0 saturated heterocycles. The fraction of sp³-hybridized carbons (Fsp3) is 0.412. The van der Waals surface area contributed by atoms with Crippen LogP contribution in [-0.2, 0) is 17.1 Å². The van der Waals surface area contributed by atoms with E-state index in [4.69, 9.17) is 0 Å². The van der Waals surface area contributed by atoms with Crippen LogP contribution in [0.15, 0.2) is 91.0 Å². The van der Waals surface area contributed by atoms with Gasteiger partial charge in [0, 0.05) is 0 Å². The Kier molecular flexibility index (Phi) is 14.7. The van der Waals surface area contributed by atoms with Crippen molar-refractivity contribution in [3.05, 3.63) is 106 Å². The number of benzene rings is 3. The van der Waals surface area contributed by atoms with Gasteiger partial charge < -0.3 is 14.9 Å². The summed E-state index contributed by atoms with van der Waals surface area (Å²) in [4.78, 5) is 0. The van der Waals surface area contributed by atoms with E-state index in [0.717, 1.165) is 17.4 Å². The molecule has 2 atom stereocenters. The molecule has 5 rings (SSSR count). The molecule has 0 radical (unpaired) electrons. The van der Waals surface area contributed by atoms with Crippen LogP contribution in [0, 0.1) is 26.7 Å². The van der Waals surface area contributed by atoms with Crippen LogP contribution in [0.1, 0.15) is 71.6 Å². The molecule has 0 aliphatic heterocycles. The van der Waals surface area contributed by atoms with Crippen LogP contribution < -0.4 is 15.6 Å². The van der Waals surface area contributed by atoms with Gasteiger partial charge >= 0.3 is 17.1 Å². The van der Waals surface area contributed by atoms with Crippen LogP contribution in [0.5, 0.6) is 0 Å². The molecule has 2 unspecified atom stereocenters. The molecule has 2 aliphatic carbocycles. The van der Waals surface area contributed by atoms with Crippen molar-refractivity contribution in [2.24, 2.45) is 11.8 Å². The first-order chi connectivity index (χ1) is 16.3. The van der Waals surface area contributed by atoms with E-state index in [1.807, 2.05) is 0 Å². The molecule has 0 heterocycles. The van der Waals surface area contributed by atoms with Crippen LogP contribution in [0.25, 0.3) is 0 Å². The summed E-state index contributed by atoms with van der Waals surface area (Å²) in [5.74, 6) is 2.16. The molecule has 0 aromatic heterocycles. The van der Waals surface area contributed by atoms with Crippen LogP contribution in [0.3, 0.4) is 0 Å². The SMILES string of the molecule is CCC1CCCC1CC.[CH3-].[CH3-].[Fe+2].c1ccc([Si](c2ccccc2)(c2ccccc2)C2CCCC2)cc1. The van der Waals surface area contributed by atoms with Crippen molar-refractivity contribution < 1.29 is 17.1 Å². The van der Waals surface area contributed by atoms with Gasteiger partial charge in [0.15, 0.2) is 8.07 Å². The Morgan fingerprint density at radius 3 is 1.17 bits per heavy atom. The van der Waals surface area contributed by atoms with Gasteiger partial charge in [-0.2, -0.15) is 0 Å². The van der Waals surface area contributed by atoms with Gasteiger partial charge in [-0.15, -0.1) is 0 Å². The average Bonchev–Trinajstić information content (AvgIpc) is 3.59. The largest absolute Gasteiger partial charge is 2.00 e. The first-order valence-corrected chi connectivity index (χ1v) is 15.5. The van der Waals surface area contributed by atoms with Crippen LogP contribution >= 0.6 is 0 Å². The molecule has 3 aromatic rings. The third kappa shape index (κ3) is 7.03. The molecule has 2 saturated carbocycles. The summed E-state index contributed by atoms with van der Waals surface area (Å²) in [6, 6.07) is 34.0. The predicted molar refractivity (Wildman–Crippen MR) is 160 cm³/mol.